The van der Waals surface area contributed by atoms with Gasteiger partial charge in [-0.2, -0.15) is 18.2 Å². The molecule has 0 aliphatic carbocycles. The number of nitrogens with zero attached hydrogens (tertiary/aromatic N) is 2. The highest BCUT2D eigenvalue weighted by Crippen LogP contribution is 2.40. The van der Waals surface area contributed by atoms with Crippen molar-refractivity contribution >= 4 is 45.1 Å². The molecule has 0 saturated heterocycles. The lowest BCUT2D eigenvalue weighted by Gasteiger charge is -2.10. The van der Waals surface area contributed by atoms with Gasteiger partial charge in [0.25, 0.3) is 0 Å². The molecule has 0 aliphatic heterocycles. The van der Waals surface area contributed by atoms with Crippen LogP contribution in [0.1, 0.15) is 5.56 Å². The SMILES string of the molecule is NC(N)=NC(N)=Nc1c(Cl)cc(C(F)(F)F)cc1Br. The van der Waals surface area contributed by atoms with Gasteiger partial charge in [-0.3, -0.25) is 0 Å². The van der Waals surface area contributed by atoms with Crippen LogP contribution in [0.15, 0.2) is 26.6 Å². The van der Waals surface area contributed by atoms with Crippen LogP contribution >= 0.6 is 27.5 Å². The van der Waals surface area contributed by atoms with Gasteiger partial charge in [-0.1, -0.05) is 11.6 Å². The number of guanidine groups is 2. The second-order valence-electron chi connectivity index (χ2n) is 3.29. The molecule has 1 aromatic rings. The van der Waals surface area contributed by atoms with Crippen LogP contribution in [-0.2, 0) is 6.18 Å². The molecule has 104 valence electrons. The topological polar surface area (TPSA) is 103 Å². The third kappa shape index (κ3) is 4.28. The molecular weight excluding hydrogens is 350 g/mol. The van der Waals surface area contributed by atoms with Crippen LogP contribution in [0.4, 0.5) is 18.9 Å². The first-order valence-electron chi connectivity index (χ1n) is 4.61. The lowest BCUT2D eigenvalue weighted by molar-refractivity contribution is -0.137. The van der Waals surface area contributed by atoms with Gasteiger partial charge in [0, 0.05) is 4.47 Å². The van der Waals surface area contributed by atoms with Crippen molar-refractivity contribution in [2.75, 3.05) is 0 Å². The molecule has 0 heterocycles. The summed E-state index contributed by atoms with van der Waals surface area (Å²) in [6.45, 7) is 0. The summed E-state index contributed by atoms with van der Waals surface area (Å²) in [6.07, 6.45) is -4.51. The minimum absolute atomic E-state index is 0.00262. The molecule has 0 spiro atoms. The largest absolute Gasteiger partial charge is 0.416 e. The zero-order chi connectivity index (χ0) is 14.8. The lowest BCUT2D eigenvalue weighted by atomic mass is 10.2. The van der Waals surface area contributed by atoms with E-state index in [1.54, 1.807) is 0 Å². The molecule has 0 amide bonds. The van der Waals surface area contributed by atoms with Gasteiger partial charge in [0.2, 0.25) is 5.96 Å². The summed E-state index contributed by atoms with van der Waals surface area (Å²) in [6, 6.07) is 1.56. The summed E-state index contributed by atoms with van der Waals surface area (Å²) in [7, 11) is 0. The van der Waals surface area contributed by atoms with Crippen LogP contribution in [0.25, 0.3) is 0 Å². The predicted molar refractivity (Wildman–Crippen MR) is 71.2 cm³/mol. The molecule has 0 fully saturated rings. The first kappa shape index (κ1) is 15.6. The Morgan fingerprint density at radius 3 is 2.21 bits per heavy atom. The molecular formula is C9H8BrClF3N5. The van der Waals surface area contributed by atoms with E-state index in [9.17, 15) is 13.2 Å². The van der Waals surface area contributed by atoms with Gasteiger partial charge in [-0.15, -0.1) is 0 Å². The van der Waals surface area contributed by atoms with Gasteiger partial charge in [-0.25, -0.2) is 4.99 Å². The number of rotatable bonds is 1. The van der Waals surface area contributed by atoms with E-state index in [2.05, 4.69) is 25.9 Å². The minimum atomic E-state index is -4.51. The van der Waals surface area contributed by atoms with Crippen molar-refractivity contribution in [3.05, 3.63) is 27.2 Å². The zero-order valence-electron chi connectivity index (χ0n) is 9.17. The van der Waals surface area contributed by atoms with E-state index in [0.717, 1.165) is 12.1 Å². The second kappa shape index (κ2) is 5.66. The van der Waals surface area contributed by atoms with Crippen molar-refractivity contribution < 1.29 is 13.2 Å². The first-order chi connectivity index (χ1) is 8.61. The molecule has 0 aliphatic rings. The standard InChI is InChI=1S/C9H8BrClF3N5/c10-4-1-3(9(12,13)14)2-5(11)6(4)18-8(17)19-7(15)16/h1-2H,(H6,15,16,17,18,19). The highest BCUT2D eigenvalue weighted by Gasteiger charge is 2.31. The van der Waals surface area contributed by atoms with Gasteiger partial charge in [-0.05, 0) is 28.1 Å². The van der Waals surface area contributed by atoms with E-state index >= 15 is 0 Å². The Balaban J connectivity index is 3.30. The van der Waals surface area contributed by atoms with Crippen LogP contribution in [0.2, 0.25) is 5.02 Å². The van der Waals surface area contributed by atoms with Gasteiger partial charge in [0.1, 0.15) is 0 Å². The van der Waals surface area contributed by atoms with Crippen LogP contribution in [0.3, 0.4) is 0 Å². The summed E-state index contributed by atoms with van der Waals surface area (Å²) in [4.78, 5) is 7.15. The van der Waals surface area contributed by atoms with Crippen molar-refractivity contribution in [1.29, 1.82) is 0 Å². The van der Waals surface area contributed by atoms with Crippen LogP contribution in [0.5, 0.6) is 0 Å². The molecule has 0 unspecified atom stereocenters. The van der Waals surface area contributed by atoms with Crippen molar-refractivity contribution in [3.8, 4) is 0 Å². The van der Waals surface area contributed by atoms with E-state index in [4.69, 9.17) is 28.8 Å². The van der Waals surface area contributed by atoms with E-state index in [0.29, 0.717) is 0 Å². The number of hydrogen-bond acceptors (Lipinski definition) is 1. The van der Waals surface area contributed by atoms with Gasteiger partial charge < -0.3 is 17.2 Å². The van der Waals surface area contributed by atoms with Gasteiger partial charge in [0.15, 0.2) is 5.96 Å². The van der Waals surface area contributed by atoms with Gasteiger partial charge >= 0.3 is 6.18 Å². The third-order valence-electron chi connectivity index (χ3n) is 1.81. The molecule has 6 N–H and O–H groups in total. The molecule has 0 atom stereocenters. The minimum Gasteiger partial charge on any atom is -0.370 e. The molecule has 0 aromatic heterocycles. The molecule has 1 rings (SSSR count). The second-order valence-corrected chi connectivity index (χ2v) is 4.55. The Kier molecular flexibility index (Phi) is 4.64. The maximum Gasteiger partial charge on any atom is 0.416 e. The lowest BCUT2D eigenvalue weighted by Crippen LogP contribution is -2.26. The Labute approximate surface area is 119 Å². The number of benzene rings is 1. The number of halogens is 5. The normalized spacial score (nSPS) is 12.4. The van der Waals surface area contributed by atoms with Crippen molar-refractivity contribution in [3.63, 3.8) is 0 Å². The summed E-state index contributed by atoms with van der Waals surface area (Å²) >= 11 is 8.64. The average molecular weight is 359 g/mol. The highest BCUT2D eigenvalue weighted by molar-refractivity contribution is 9.10. The fourth-order valence-electron chi connectivity index (χ4n) is 1.11. The van der Waals surface area contributed by atoms with Crippen LogP contribution in [0, 0.1) is 0 Å². The maximum atomic E-state index is 12.5. The summed E-state index contributed by atoms with van der Waals surface area (Å²) < 4.78 is 37.6. The fraction of sp³-hybridized carbons (Fsp3) is 0.111. The summed E-state index contributed by atoms with van der Waals surface area (Å²) in [5.74, 6) is -0.664. The van der Waals surface area contributed by atoms with E-state index in [-0.39, 0.29) is 27.1 Å². The molecule has 0 radical (unpaired) electrons. The zero-order valence-corrected chi connectivity index (χ0v) is 11.5. The van der Waals surface area contributed by atoms with Crippen LogP contribution in [-0.4, -0.2) is 11.9 Å². The molecule has 5 nitrogen and oxygen atoms in total. The molecule has 0 saturated carbocycles. The predicted octanol–water partition coefficient (Wildman–Crippen LogP) is 2.34. The fourth-order valence-corrected chi connectivity index (χ4v) is 2.03. The monoisotopic (exact) mass is 357 g/mol. The Morgan fingerprint density at radius 1 is 1.21 bits per heavy atom. The Morgan fingerprint density at radius 2 is 1.79 bits per heavy atom. The summed E-state index contributed by atoms with van der Waals surface area (Å²) in [5.41, 5.74) is 14.6. The molecule has 10 heteroatoms. The molecule has 19 heavy (non-hydrogen) atoms. The highest BCUT2D eigenvalue weighted by atomic mass is 79.9. The first-order valence-corrected chi connectivity index (χ1v) is 5.78. The van der Waals surface area contributed by atoms with E-state index in [1.807, 2.05) is 0 Å². The quantitative estimate of drug-likeness (QED) is 0.530. The number of aliphatic imine (C=N–C) groups is 2. The maximum absolute atomic E-state index is 12.5. The van der Waals surface area contributed by atoms with Gasteiger partial charge in [0.05, 0.1) is 16.3 Å². The Hall–Kier alpha value is -1.48. The van der Waals surface area contributed by atoms with E-state index in [1.165, 1.54) is 0 Å². The number of nitrogens with two attached hydrogens (primary N) is 3. The number of hydrogen-bond donors (Lipinski definition) is 3. The number of alkyl halides is 3. The van der Waals surface area contributed by atoms with Crippen molar-refractivity contribution in [2.24, 2.45) is 27.2 Å². The molecule has 1 aromatic carbocycles. The van der Waals surface area contributed by atoms with E-state index < -0.39 is 11.7 Å². The average Bonchev–Trinajstić information content (AvgIpc) is 2.20. The molecule has 0 bridgehead atoms. The van der Waals surface area contributed by atoms with Crippen molar-refractivity contribution in [2.45, 2.75) is 6.18 Å². The smallest absolute Gasteiger partial charge is 0.370 e. The summed E-state index contributed by atoms with van der Waals surface area (Å²) in [5, 5.41) is -0.240. The Bertz CT molecular complexity index is 528. The van der Waals surface area contributed by atoms with Crippen molar-refractivity contribution in [1.82, 2.24) is 0 Å². The third-order valence-corrected chi connectivity index (χ3v) is 2.71. The van der Waals surface area contributed by atoms with Crippen LogP contribution < -0.4 is 17.2 Å².